The fourth-order valence-electron chi connectivity index (χ4n) is 3.10. The van der Waals surface area contributed by atoms with Gasteiger partial charge in [0.05, 0.1) is 24.9 Å². The van der Waals surface area contributed by atoms with Crippen molar-refractivity contribution < 1.29 is 34.2 Å². The first-order chi connectivity index (χ1) is 17.3. The van der Waals surface area contributed by atoms with Crippen molar-refractivity contribution in [2.45, 2.75) is 62.9 Å². The second kappa shape index (κ2) is 15.0. The van der Waals surface area contributed by atoms with Gasteiger partial charge in [0.1, 0.15) is 18.1 Å². The van der Waals surface area contributed by atoms with Crippen LogP contribution >= 0.6 is 0 Å². The van der Waals surface area contributed by atoms with E-state index in [0.717, 1.165) is 0 Å². The van der Waals surface area contributed by atoms with E-state index in [2.05, 4.69) is 30.9 Å². The summed E-state index contributed by atoms with van der Waals surface area (Å²) in [6, 6.07) is -5.64. The molecule has 1 rings (SSSR count). The van der Waals surface area contributed by atoms with Gasteiger partial charge in [0, 0.05) is 24.9 Å². The highest BCUT2D eigenvalue weighted by atomic mass is 16.4. The third kappa shape index (κ3) is 11.4. The third-order valence-corrected chi connectivity index (χ3v) is 4.99. The minimum Gasteiger partial charge on any atom is -0.480 e. The first-order valence-corrected chi connectivity index (χ1v) is 11.2. The zero-order valence-electron chi connectivity index (χ0n) is 20.2. The van der Waals surface area contributed by atoms with E-state index in [1.165, 1.54) is 19.4 Å². The Balaban J connectivity index is 2.88. The molecule has 4 amide bonds. The van der Waals surface area contributed by atoms with Crippen molar-refractivity contribution in [2.75, 3.05) is 6.54 Å². The van der Waals surface area contributed by atoms with Gasteiger partial charge in [-0.15, -0.1) is 0 Å². The van der Waals surface area contributed by atoms with Crippen molar-refractivity contribution >= 4 is 35.6 Å². The molecule has 17 nitrogen and oxygen atoms in total. The van der Waals surface area contributed by atoms with Gasteiger partial charge in [0.2, 0.25) is 23.6 Å². The molecule has 0 aliphatic carbocycles. The summed E-state index contributed by atoms with van der Waals surface area (Å²) in [4.78, 5) is 71.3. The molecule has 0 saturated carbocycles. The molecule has 5 atom stereocenters. The van der Waals surface area contributed by atoms with Crippen LogP contribution in [0.4, 0.5) is 0 Å². The van der Waals surface area contributed by atoms with Crippen molar-refractivity contribution in [1.29, 1.82) is 0 Å². The van der Waals surface area contributed by atoms with Gasteiger partial charge in [-0.3, -0.25) is 24.2 Å². The van der Waals surface area contributed by atoms with Crippen LogP contribution in [-0.2, 0) is 30.4 Å². The topological polar surface area (TPSA) is 307 Å². The van der Waals surface area contributed by atoms with E-state index in [9.17, 15) is 34.2 Å². The molecule has 5 unspecified atom stereocenters. The molecule has 0 radical (unpaired) electrons. The summed E-state index contributed by atoms with van der Waals surface area (Å²) in [5.74, 6) is -5.31. The number of primary amides is 1. The number of aromatic amines is 1. The van der Waals surface area contributed by atoms with Gasteiger partial charge < -0.3 is 54.1 Å². The fourth-order valence-corrected chi connectivity index (χ4v) is 3.10. The lowest BCUT2D eigenvalue weighted by molar-refractivity contribution is -0.143. The van der Waals surface area contributed by atoms with Crippen LogP contribution in [0.3, 0.4) is 0 Å². The summed E-state index contributed by atoms with van der Waals surface area (Å²) < 4.78 is 0. The number of imidazole rings is 1. The lowest BCUT2D eigenvalue weighted by atomic mass is 10.1. The highest BCUT2D eigenvalue weighted by molar-refractivity contribution is 5.96. The summed E-state index contributed by atoms with van der Waals surface area (Å²) in [5, 5.41) is 26.2. The molecule has 0 bridgehead atoms. The molecule has 14 N–H and O–H groups in total. The number of nitrogens with zero attached hydrogens (tertiary/aromatic N) is 2. The molecule has 17 heteroatoms. The Morgan fingerprint density at radius 2 is 1.70 bits per heavy atom. The number of hydrogen-bond donors (Lipinski definition) is 10. The second-order valence-electron chi connectivity index (χ2n) is 8.19. The van der Waals surface area contributed by atoms with Crippen LogP contribution in [-0.4, -0.2) is 92.6 Å². The van der Waals surface area contributed by atoms with Crippen molar-refractivity contribution in [2.24, 2.45) is 27.9 Å². The van der Waals surface area contributed by atoms with Gasteiger partial charge in [-0.2, -0.15) is 0 Å². The molecule has 0 fully saturated rings. The standard InChI is InChI=1S/C20H34N10O7/c1-9(31)15(18(35)28-12(19(36)37)3-2-4-26-20(23)24)30-17(34)13(6-14(22)32)29-16(33)11(21)5-10-7-25-8-27-10/h7-9,11-13,15,31H,2-6,21H2,1H3,(H2,22,32)(H,25,27)(H,28,35)(H,29,33)(H,30,34)(H,36,37)(H4,23,24,26). The SMILES string of the molecule is CC(O)C(NC(=O)C(CC(N)=O)NC(=O)C(N)Cc1cnc[nH]1)C(=O)NC(CCCN=C(N)N)C(=O)O. The zero-order valence-corrected chi connectivity index (χ0v) is 20.2. The second-order valence-corrected chi connectivity index (χ2v) is 8.19. The average Bonchev–Trinajstić information content (AvgIpc) is 3.30. The number of nitrogens with two attached hydrogens (primary N) is 4. The lowest BCUT2D eigenvalue weighted by Crippen LogP contribution is -2.60. The zero-order chi connectivity index (χ0) is 28.1. The summed E-state index contributed by atoms with van der Waals surface area (Å²) in [6.45, 7) is 1.30. The number of aliphatic hydroxyl groups excluding tert-OH is 1. The van der Waals surface area contributed by atoms with Crippen LogP contribution < -0.4 is 38.9 Å². The molecular formula is C20H34N10O7. The Bertz CT molecular complexity index is 963. The number of nitrogens with one attached hydrogen (secondary N) is 4. The number of rotatable bonds is 16. The first-order valence-electron chi connectivity index (χ1n) is 11.2. The first kappa shape index (κ1) is 30.8. The minimum absolute atomic E-state index is 0.0487. The lowest BCUT2D eigenvalue weighted by Gasteiger charge is -2.26. The number of carboxylic acids is 1. The maximum atomic E-state index is 12.8. The summed E-state index contributed by atoms with van der Waals surface area (Å²) in [6.07, 6.45) is 0.952. The summed E-state index contributed by atoms with van der Waals surface area (Å²) in [7, 11) is 0. The number of aliphatic imine (C=N–C) groups is 1. The van der Waals surface area contributed by atoms with E-state index in [-0.39, 0.29) is 31.8 Å². The monoisotopic (exact) mass is 526 g/mol. The smallest absolute Gasteiger partial charge is 0.326 e. The number of carbonyl (C=O) groups excluding carboxylic acids is 4. The Morgan fingerprint density at radius 1 is 1.05 bits per heavy atom. The minimum atomic E-state index is -1.63. The Kier molecular flexibility index (Phi) is 12.5. The number of H-pyrrole nitrogens is 1. The number of aliphatic hydroxyl groups is 1. The van der Waals surface area contributed by atoms with Crippen LogP contribution in [0.25, 0.3) is 0 Å². The highest BCUT2D eigenvalue weighted by Gasteiger charge is 2.33. The predicted octanol–water partition coefficient (Wildman–Crippen LogP) is -4.87. The van der Waals surface area contributed by atoms with Crippen LogP contribution in [0.1, 0.15) is 31.9 Å². The van der Waals surface area contributed by atoms with Crippen LogP contribution in [0.2, 0.25) is 0 Å². The van der Waals surface area contributed by atoms with Crippen molar-refractivity contribution in [3.63, 3.8) is 0 Å². The molecule has 0 spiro atoms. The van der Waals surface area contributed by atoms with Gasteiger partial charge >= 0.3 is 5.97 Å². The number of aliphatic carboxylic acids is 1. The molecule has 0 aliphatic heterocycles. The van der Waals surface area contributed by atoms with Gasteiger partial charge in [0.15, 0.2) is 5.96 Å². The summed E-state index contributed by atoms with van der Waals surface area (Å²) >= 11 is 0. The highest BCUT2D eigenvalue weighted by Crippen LogP contribution is 2.04. The number of aromatic nitrogens is 2. The molecule has 37 heavy (non-hydrogen) atoms. The number of guanidine groups is 1. The van der Waals surface area contributed by atoms with Crippen LogP contribution in [0, 0.1) is 0 Å². The van der Waals surface area contributed by atoms with E-state index in [1.54, 1.807) is 0 Å². The number of hydrogen-bond acceptors (Lipinski definition) is 9. The maximum Gasteiger partial charge on any atom is 0.326 e. The van der Waals surface area contributed by atoms with Crippen molar-refractivity contribution in [3.8, 4) is 0 Å². The molecule has 1 aromatic heterocycles. The van der Waals surface area contributed by atoms with E-state index in [0.29, 0.717) is 5.69 Å². The third-order valence-electron chi connectivity index (χ3n) is 4.99. The summed E-state index contributed by atoms with van der Waals surface area (Å²) in [5.41, 5.74) is 22.0. The molecular weight excluding hydrogens is 492 g/mol. The number of amides is 4. The number of carboxylic acid groups (broad SMARTS) is 1. The van der Waals surface area contributed by atoms with Gasteiger partial charge in [-0.25, -0.2) is 9.78 Å². The van der Waals surface area contributed by atoms with Gasteiger partial charge in [0.25, 0.3) is 0 Å². The maximum absolute atomic E-state index is 12.8. The van der Waals surface area contributed by atoms with Crippen molar-refractivity contribution in [3.05, 3.63) is 18.2 Å². The van der Waals surface area contributed by atoms with Crippen LogP contribution in [0.5, 0.6) is 0 Å². The average molecular weight is 527 g/mol. The van der Waals surface area contributed by atoms with Gasteiger partial charge in [-0.1, -0.05) is 0 Å². The van der Waals surface area contributed by atoms with E-state index in [1.807, 2.05) is 0 Å². The molecule has 1 heterocycles. The van der Waals surface area contributed by atoms with E-state index >= 15 is 0 Å². The molecule has 0 saturated heterocycles. The fraction of sp³-hybridized carbons (Fsp3) is 0.550. The largest absolute Gasteiger partial charge is 0.480 e. The normalized spacial score (nSPS) is 14.8. The number of carbonyl (C=O) groups is 5. The van der Waals surface area contributed by atoms with E-state index < -0.39 is 66.3 Å². The molecule has 1 aromatic rings. The molecule has 206 valence electrons. The Labute approximate surface area is 211 Å². The van der Waals surface area contributed by atoms with Crippen molar-refractivity contribution in [1.82, 2.24) is 25.9 Å². The quantitative estimate of drug-likeness (QED) is 0.0553. The molecule has 0 aromatic carbocycles. The van der Waals surface area contributed by atoms with E-state index in [4.69, 9.17) is 22.9 Å². The Morgan fingerprint density at radius 3 is 2.22 bits per heavy atom. The molecule has 0 aliphatic rings. The van der Waals surface area contributed by atoms with Gasteiger partial charge in [-0.05, 0) is 19.8 Å². The Hall–Kier alpha value is -4.25. The predicted molar refractivity (Wildman–Crippen MR) is 129 cm³/mol. The van der Waals surface area contributed by atoms with Crippen LogP contribution in [0.15, 0.2) is 17.5 Å².